The lowest BCUT2D eigenvalue weighted by molar-refractivity contribution is 0.593. The van der Waals surface area contributed by atoms with Gasteiger partial charge >= 0.3 is 0 Å². The van der Waals surface area contributed by atoms with Crippen molar-refractivity contribution >= 4 is 82.6 Å². The highest BCUT2D eigenvalue weighted by Crippen LogP contribution is 2.44. The average molecular weight is 807 g/mol. The highest BCUT2D eigenvalue weighted by molar-refractivity contribution is 6.26. The van der Waals surface area contributed by atoms with E-state index in [1.54, 1.807) is 0 Å². The van der Waals surface area contributed by atoms with Crippen LogP contribution in [0.1, 0.15) is 35.4 Å². The molecule has 2 aliphatic rings. The Balaban J connectivity index is 0.931. The first kappa shape index (κ1) is 35.7. The van der Waals surface area contributed by atoms with Gasteiger partial charge in [0.1, 0.15) is 28.1 Å². The summed E-state index contributed by atoms with van der Waals surface area (Å²) < 4.78 is 13.4. The van der Waals surface area contributed by atoms with Gasteiger partial charge in [-0.1, -0.05) is 164 Å². The average Bonchev–Trinajstić information content (AvgIpc) is 3.79. The fraction of sp³-hybridized carbons (Fsp3) is 0.0508. The van der Waals surface area contributed by atoms with Crippen molar-refractivity contribution in [2.75, 3.05) is 0 Å². The van der Waals surface area contributed by atoms with Crippen LogP contribution in [0.2, 0.25) is 0 Å². The van der Waals surface area contributed by atoms with Crippen LogP contribution in [0.25, 0.3) is 116 Å². The second-order valence-electron chi connectivity index (χ2n) is 16.7. The molecule has 13 rings (SSSR count). The van der Waals surface area contributed by atoms with Gasteiger partial charge in [0.2, 0.25) is 0 Å². The van der Waals surface area contributed by atoms with Gasteiger partial charge in [-0.05, 0) is 115 Å². The van der Waals surface area contributed by atoms with Crippen LogP contribution < -0.4 is 0 Å². The topological polar surface area (TPSA) is 52.1 Å². The molecule has 0 bridgehead atoms. The van der Waals surface area contributed by atoms with Crippen LogP contribution >= 0.6 is 0 Å². The van der Waals surface area contributed by atoms with E-state index in [2.05, 4.69) is 188 Å². The van der Waals surface area contributed by atoms with Crippen LogP contribution in [0.5, 0.6) is 0 Å². The van der Waals surface area contributed by atoms with Gasteiger partial charge in [0, 0.05) is 27.5 Å². The van der Waals surface area contributed by atoms with Crippen LogP contribution in [0.3, 0.4) is 0 Å². The highest BCUT2D eigenvalue weighted by atomic mass is 16.3. The smallest absolute Gasteiger partial charge is 0.179 e. The predicted octanol–water partition coefficient (Wildman–Crippen LogP) is 16.0. The Bertz CT molecular complexity index is 3770. The first-order chi connectivity index (χ1) is 31.2. The van der Waals surface area contributed by atoms with Crippen LogP contribution in [0.4, 0.5) is 0 Å². The van der Waals surface area contributed by atoms with Gasteiger partial charge in [-0.25, -0.2) is 9.97 Å². The third-order valence-electron chi connectivity index (χ3n) is 13.0. The molecule has 63 heavy (non-hydrogen) atoms. The van der Waals surface area contributed by atoms with Crippen LogP contribution in [0.15, 0.2) is 197 Å². The molecular formula is C59H38N2O2. The third kappa shape index (κ3) is 5.83. The molecule has 0 saturated carbocycles. The van der Waals surface area contributed by atoms with Crippen molar-refractivity contribution in [1.82, 2.24) is 9.97 Å². The number of benzene rings is 8. The lowest BCUT2D eigenvalue weighted by atomic mass is 9.89. The van der Waals surface area contributed by atoms with Crippen molar-refractivity contribution in [3.63, 3.8) is 0 Å². The Labute approximate surface area is 363 Å². The summed E-state index contributed by atoms with van der Waals surface area (Å²) in [6, 6.07) is 56.5. The SMILES string of the molecule is C1=CCC=C(c2nc(-c3ccc(-c4ccccc4)cc3)nc3c4c(oc23)C=C(c2cccc3oc5ccc(-c6ccc7c8ccccc8c8ccccc8c7c6)cc5c23)CC4)C=C1. The first-order valence-electron chi connectivity index (χ1n) is 21.7. The molecule has 0 amide bonds. The van der Waals surface area contributed by atoms with Gasteiger partial charge in [-0.15, -0.1) is 0 Å². The van der Waals surface area contributed by atoms with Crippen molar-refractivity contribution in [2.24, 2.45) is 0 Å². The molecule has 0 atom stereocenters. The monoisotopic (exact) mass is 806 g/mol. The number of fused-ring (bicyclic) bond motifs is 12. The molecule has 11 aromatic rings. The Kier molecular flexibility index (Phi) is 8.07. The summed E-state index contributed by atoms with van der Waals surface area (Å²) in [6.07, 6.45) is 15.3. The summed E-state index contributed by atoms with van der Waals surface area (Å²) in [5.41, 5.74) is 14.4. The van der Waals surface area contributed by atoms with Crippen LogP contribution in [0, 0.1) is 0 Å². The Morgan fingerprint density at radius 3 is 1.94 bits per heavy atom. The minimum absolute atomic E-state index is 0.695. The summed E-state index contributed by atoms with van der Waals surface area (Å²) >= 11 is 0. The highest BCUT2D eigenvalue weighted by Gasteiger charge is 2.26. The second-order valence-corrected chi connectivity index (χ2v) is 16.7. The standard InChI is InChI=1S/C59H38N2O2/c1-2-5-16-38(15-4-1)56-58-57(61-59(60-56)39-25-23-37(24-26-39)36-13-6-3-7-14-36)49-31-28-42(35-54(49)63-58)43-21-12-22-53-55(43)51-34-41(29-32-52(51)62-53)40-27-30-48-46-19-9-8-17-44(46)45-18-10-11-20-47(45)50(48)33-40/h1-4,6-27,29-30,32-35H,5,28,31H2. The van der Waals surface area contributed by atoms with Crippen molar-refractivity contribution in [3.8, 4) is 33.6 Å². The van der Waals surface area contributed by atoms with E-state index in [1.807, 2.05) is 6.07 Å². The Morgan fingerprint density at radius 1 is 0.476 bits per heavy atom. The number of allylic oxidation sites excluding steroid dienone is 7. The van der Waals surface area contributed by atoms with E-state index < -0.39 is 0 Å². The summed E-state index contributed by atoms with van der Waals surface area (Å²) in [5, 5.41) is 9.87. The third-order valence-corrected chi connectivity index (χ3v) is 13.0. The lowest BCUT2D eigenvalue weighted by Gasteiger charge is -2.14. The van der Waals surface area contributed by atoms with Crippen molar-refractivity contribution in [2.45, 2.75) is 19.3 Å². The predicted molar refractivity (Wildman–Crippen MR) is 261 cm³/mol. The number of hydrogen-bond acceptors (Lipinski definition) is 4. The number of rotatable bonds is 5. The number of aryl methyl sites for hydroxylation is 1. The zero-order valence-electron chi connectivity index (χ0n) is 34.3. The van der Waals surface area contributed by atoms with E-state index in [9.17, 15) is 0 Å². The molecule has 2 aliphatic carbocycles. The van der Waals surface area contributed by atoms with E-state index in [-0.39, 0.29) is 0 Å². The molecule has 3 heterocycles. The molecular weight excluding hydrogens is 769 g/mol. The van der Waals surface area contributed by atoms with Gasteiger partial charge in [-0.2, -0.15) is 0 Å². The fourth-order valence-electron chi connectivity index (χ4n) is 9.98. The molecule has 4 heteroatoms. The zero-order chi connectivity index (χ0) is 41.4. The zero-order valence-corrected chi connectivity index (χ0v) is 34.3. The molecule has 0 saturated heterocycles. The van der Waals surface area contributed by atoms with Crippen molar-refractivity contribution < 1.29 is 8.83 Å². The number of furan rings is 2. The number of aromatic nitrogens is 2. The summed E-state index contributed by atoms with van der Waals surface area (Å²) in [4.78, 5) is 10.5. The molecule has 0 N–H and O–H groups in total. The second kappa shape index (κ2) is 14.3. The molecule has 8 aromatic carbocycles. The van der Waals surface area contributed by atoms with Crippen LogP contribution in [-0.4, -0.2) is 9.97 Å². The van der Waals surface area contributed by atoms with Gasteiger partial charge in [0.25, 0.3) is 0 Å². The van der Waals surface area contributed by atoms with Crippen molar-refractivity contribution in [1.29, 1.82) is 0 Å². The molecule has 0 fully saturated rings. The Morgan fingerprint density at radius 2 is 1.14 bits per heavy atom. The van der Waals surface area contributed by atoms with E-state index in [0.29, 0.717) is 5.82 Å². The largest absolute Gasteiger partial charge is 0.456 e. The Hall–Kier alpha value is -8.08. The molecule has 0 unspecified atom stereocenters. The van der Waals surface area contributed by atoms with Gasteiger partial charge in [0.15, 0.2) is 11.4 Å². The molecule has 0 radical (unpaired) electrons. The quantitative estimate of drug-likeness (QED) is 0.163. The minimum Gasteiger partial charge on any atom is -0.456 e. The lowest BCUT2D eigenvalue weighted by Crippen LogP contribution is -2.00. The van der Waals surface area contributed by atoms with E-state index in [0.717, 1.165) is 97.1 Å². The van der Waals surface area contributed by atoms with Crippen LogP contribution in [-0.2, 0) is 6.42 Å². The normalized spacial score (nSPS) is 13.9. The molecule has 3 aromatic heterocycles. The summed E-state index contributed by atoms with van der Waals surface area (Å²) in [6.45, 7) is 0. The first-order valence-corrected chi connectivity index (χ1v) is 21.7. The molecule has 0 aliphatic heterocycles. The maximum Gasteiger partial charge on any atom is 0.179 e. The maximum atomic E-state index is 6.87. The van der Waals surface area contributed by atoms with Gasteiger partial charge in [-0.3, -0.25) is 0 Å². The minimum atomic E-state index is 0.695. The van der Waals surface area contributed by atoms with E-state index in [1.165, 1.54) is 49.0 Å². The molecule has 4 nitrogen and oxygen atoms in total. The van der Waals surface area contributed by atoms with E-state index >= 15 is 0 Å². The maximum absolute atomic E-state index is 6.87. The summed E-state index contributed by atoms with van der Waals surface area (Å²) in [5.74, 6) is 1.54. The number of nitrogens with zero attached hydrogens (tertiary/aromatic N) is 2. The van der Waals surface area contributed by atoms with E-state index in [4.69, 9.17) is 18.8 Å². The number of hydrogen-bond donors (Lipinski definition) is 0. The molecule has 296 valence electrons. The van der Waals surface area contributed by atoms with Crippen molar-refractivity contribution in [3.05, 3.63) is 211 Å². The van der Waals surface area contributed by atoms with Gasteiger partial charge < -0.3 is 8.83 Å². The summed E-state index contributed by atoms with van der Waals surface area (Å²) in [7, 11) is 0. The van der Waals surface area contributed by atoms with Gasteiger partial charge in [0.05, 0.1) is 0 Å². The molecule has 0 spiro atoms. The fourth-order valence-corrected chi connectivity index (χ4v) is 9.98.